The van der Waals surface area contributed by atoms with Gasteiger partial charge >= 0.3 is 5.97 Å². The van der Waals surface area contributed by atoms with Crippen molar-refractivity contribution < 1.29 is 14.7 Å². The zero-order valence-corrected chi connectivity index (χ0v) is 14.1. The van der Waals surface area contributed by atoms with E-state index >= 15 is 0 Å². The van der Waals surface area contributed by atoms with Crippen LogP contribution in [0.5, 0.6) is 0 Å². The lowest BCUT2D eigenvalue weighted by atomic mass is 10.1. The molecule has 0 unspecified atom stereocenters. The average molecular weight is 321 g/mol. The summed E-state index contributed by atoms with van der Waals surface area (Å²) in [5.41, 5.74) is 1.87. The van der Waals surface area contributed by atoms with E-state index in [1.54, 1.807) is 0 Å². The molecule has 1 aromatic carbocycles. The van der Waals surface area contributed by atoms with E-state index in [1.165, 1.54) is 5.56 Å². The van der Waals surface area contributed by atoms with Gasteiger partial charge in [-0.05, 0) is 57.7 Å². The molecule has 0 aromatic heterocycles. The molecule has 6 nitrogen and oxygen atoms in total. The minimum Gasteiger partial charge on any atom is -0.480 e. The number of carbonyl (C=O) groups is 2. The lowest BCUT2D eigenvalue weighted by Gasteiger charge is -2.15. The summed E-state index contributed by atoms with van der Waals surface area (Å²) in [5, 5.41) is 14.9. The predicted molar refractivity (Wildman–Crippen MR) is 91.7 cm³/mol. The molecule has 23 heavy (non-hydrogen) atoms. The highest BCUT2D eigenvalue weighted by molar-refractivity contribution is 5.94. The number of aliphatic carboxylic acids is 1. The van der Waals surface area contributed by atoms with Gasteiger partial charge in [-0.2, -0.15) is 0 Å². The van der Waals surface area contributed by atoms with Crippen LogP contribution in [0.1, 0.15) is 25.3 Å². The molecule has 128 valence electrons. The van der Waals surface area contributed by atoms with Gasteiger partial charge in [-0.25, -0.2) is 0 Å². The highest BCUT2D eigenvalue weighted by Gasteiger charge is 2.20. The second-order valence-corrected chi connectivity index (χ2v) is 5.80. The van der Waals surface area contributed by atoms with Gasteiger partial charge in [-0.3, -0.25) is 9.59 Å². The number of carbonyl (C=O) groups excluding carboxylic acids is 1. The van der Waals surface area contributed by atoms with Gasteiger partial charge in [0.15, 0.2) is 0 Å². The molecule has 1 atom stereocenters. The number of amides is 1. The first kappa shape index (κ1) is 19.1. The van der Waals surface area contributed by atoms with Crippen LogP contribution in [-0.2, 0) is 16.0 Å². The Bertz CT molecular complexity index is 500. The van der Waals surface area contributed by atoms with Crippen molar-refractivity contribution in [1.29, 1.82) is 0 Å². The van der Waals surface area contributed by atoms with Gasteiger partial charge in [-0.15, -0.1) is 0 Å². The summed E-state index contributed by atoms with van der Waals surface area (Å²) in [6, 6.07) is 6.69. The Morgan fingerprint density at radius 2 is 1.87 bits per heavy atom. The zero-order chi connectivity index (χ0) is 17.2. The second-order valence-electron chi connectivity index (χ2n) is 5.80. The molecule has 0 bridgehead atoms. The molecule has 3 N–H and O–H groups in total. The summed E-state index contributed by atoms with van der Waals surface area (Å²) in [6.07, 6.45) is 1.68. The molecular formula is C17H27N3O3. The first-order valence-corrected chi connectivity index (χ1v) is 7.92. The Labute approximate surface area is 137 Å². The van der Waals surface area contributed by atoms with Crippen LogP contribution in [-0.4, -0.2) is 55.1 Å². The zero-order valence-electron chi connectivity index (χ0n) is 14.1. The van der Waals surface area contributed by atoms with Crippen LogP contribution in [0.15, 0.2) is 24.3 Å². The number of benzene rings is 1. The Kier molecular flexibility index (Phi) is 8.29. The molecule has 1 amide bonds. The van der Waals surface area contributed by atoms with Crippen LogP contribution < -0.4 is 10.6 Å². The first-order valence-electron chi connectivity index (χ1n) is 7.92. The fourth-order valence-corrected chi connectivity index (χ4v) is 2.14. The standard InChI is InChI=1S/C17H27N3O3/c1-4-13-6-8-14(9-7-13)19-16(21)12-15(17(22)23)18-10-5-11-20(2)3/h6-9,15,18H,4-5,10-12H2,1-3H3,(H,19,21)(H,22,23)/t15-/m1/s1. The Morgan fingerprint density at radius 3 is 2.39 bits per heavy atom. The summed E-state index contributed by atoms with van der Waals surface area (Å²) in [6.45, 7) is 3.50. The largest absolute Gasteiger partial charge is 0.480 e. The summed E-state index contributed by atoms with van der Waals surface area (Å²) >= 11 is 0. The van der Waals surface area contributed by atoms with Crippen molar-refractivity contribution in [3.05, 3.63) is 29.8 Å². The molecule has 6 heteroatoms. The lowest BCUT2D eigenvalue weighted by molar-refractivity contribution is -0.141. The van der Waals surface area contributed by atoms with E-state index in [-0.39, 0.29) is 12.3 Å². The third kappa shape index (κ3) is 7.76. The molecule has 0 aliphatic heterocycles. The van der Waals surface area contributed by atoms with Crippen LogP contribution in [0.4, 0.5) is 5.69 Å². The van der Waals surface area contributed by atoms with Gasteiger partial charge in [0.05, 0.1) is 6.42 Å². The molecule has 0 spiro atoms. The highest BCUT2D eigenvalue weighted by atomic mass is 16.4. The minimum atomic E-state index is -1.01. The predicted octanol–water partition coefficient (Wildman–Crippen LogP) is 1.57. The Morgan fingerprint density at radius 1 is 1.22 bits per heavy atom. The number of nitrogens with one attached hydrogen (secondary N) is 2. The van der Waals surface area contributed by atoms with Crippen molar-refractivity contribution >= 4 is 17.6 Å². The summed E-state index contributed by atoms with van der Waals surface area (Å²) in [5.74, 6) is -1.31. The van der Waals surface area contributed by atoms with Gasteiger partial charge in [0.25, 0.3) is 0 Å². The third-order valence-electron chi connectivity index (χ3n) is 3.51. The summed E-state index contributed by atoms with van der Waals surface area (Å²) in [7, 11) is 3.93. The van der Waals surface area contributed by atoms with Crippen molar-refractivity contribution in [1.82, 2.24) is 10.2 Å². The SMILES string of the molecule is CCc1ccc(NC(=O)C[C@@H](NCCCN(C)C)C(=O)O)cc1. The topological polar surface area (TPSA) is 81.7 Å². The van der Waals surface area contributed by atoms with Gasteiger partial charge in [0.2, 0.25) is 5.91 Å². The number of carboxylic acids is 1. The molecule has 0 aliphatic rings. The van der Waals surface area contributed by atoms with Crippen molar-refractivity contribution in [2.24, 2.45) is 0 Å². The highest BCUT2D eigenvalue weighted by Crippen LogP contribution is 2.10. The van der Waals surface area contributed by atoms with Crippen molar-refractivity contribution in [2.75, 3.05) is 32.5 Å². The first-order chi connectivity index (χ1) is 10.9. The number of rotatable bonds is 10. The molecular weight excluding hydrogens is 294 g/mol. The lowest BCUT2D eigenvalue weighted by Crippen LogP contribution is -2.40. The molecule has 0 saturated carbocycles. The summed E-state index contributed by atoms with van der Waals surface area (Å²) < 4.78 is 0. The quantitative estimate of drug-likeness (QED) is 0.570. The van der Waals surface area contributed by atoms with Crippen LogP contribution in [0.2, 0.25) is 0 Å². The summed E-state index contributed by atoms with van der Waals surface area (Å²) in [4.78, 5) is 25.3. The third-order valence-corrected chi connectivity index (χ3v) is 3.51. The van der Waals surface area contributed by atoms with Gasteiger partial charge in [0.1, 0.15) is 6.04 Å². The van der Waals surface area contributed by atoms with E-state index in [0.717, 1.165) is 19.4 Å². The van der Waals surface area contributed by atoms with Gasteiger partial charge < -0.3 is 20.6 Å². The Balaban J connectivity index is 2.45. The maximum atomic E-state index is 12.0. The Hall–Kier alpha value is -1.92. The average Bonchev–Trinajstić information content (AvgIpc) is 2.50. The van der Waals surface area contributed by atoms with Crippen molar-refractivity contribution in [2.45, 2.75) is 32.2 Å². The van der Waals surface area contributed by atoms with E-state index in [2.05, 4.69) is 17.6 Å². The number of anilines is 1. The molecule has 0 aliphatic carbocycles. The monoisotopic (exact) mass is 321 g/mol. The van der Waals surface area contributed by atoms with Crippen LogP contribution >= 0.6 is 0 Å². The van der Waals surface area contributed by atoms with Gasteiger partial charge in [0, 0.05) is 5.69 Å². The second kappa shape index (κ2) is 9.97. The number of carboxylic acid groups (broad SMARTS) is 1. The van der Waals surface area contributed by atoms with E-state index in [9.17, 15) is 14.7 Å². The number of nitrogens with zero attached hydrogens (tertiary/aromatic N) is 1. The normalized spacial score (nSPS) is 12.2. The number of aryl methyl sites for hydroxylation is 1. The molecule has 0 saturated heterocycles. The fraction of sp³-hybridized carbons (Fsp3) is 0.529. The molecule has 0 fully saturated rings. The fourth-order valence-electron chi connectivity index (χ4n) is 2.14. The van der Waals surface area contributed by atoms with E-state index < -0.39 is 12.0 Å². The minimum absolute atomic E-state index is 0.0904. The van der Waals surface area contributed by atoms with E-state index in [1.807, 2.05) is 43.3 Å². The van der Waals surface area contributed by atoms with Crippen LogP contribution in [0.3, 0.4) is 0 Å². The molecule has 1 rings (SSSR count). The maximum absolute atomic E-state index is 12.0. The number of hydrogen-bond acceptors (Lipinski definition) is 4. The molecule has 0 radical (unpaired) electrons. The van der Waals surface area contributed by atoms with Crippen molar-refractivity contribution in [3.8, 4) is 0 Å². The molecule has 1 aromatic rings. The maximum Gasteiger partial charge on any atom is 0.321 e. The smallest absolute Gasteiger partial charge is 0.321 e. The number of hydrogen-bond donors (Lipinski definition) is 3. The molecule has 0 heterocycles. The van der Waals surface area contributed by atoms with Crippen LogP contribution in [0, 0.1) is 0 Å². The van der Waals surface area contributed by atoms with E-state index in [0.29, 0.717) is 12.2 Å². The van der Waals surface area contributed by atoms with Gasteiger partial charge in [-0.1, -0.05) is 19.1 Å². The van der Waals surface area contributed by atoms with E-state index in [4.69, 9.17) is 0 Å². The van der Waals surface area contributed by atoms with Crippen molar-refractivity contribution in [3.63, 3.8) is 0 Å². The van der Waals surface area contributed by atoms with Crippen LogP contribution in [0.25, 0.3) is 0 Å².